The van der Waals surface area contributed by atoms with Crippen LogP contribution in [0.25, 0.3) is 0 Å². The van der Waals surface area contributed by atoms with E-state index in [1.807, 2.05) is 30.3 Å². The molecule has 0 aliphatic carbocycles. The van der Waals surface area contributed by atoms with Crippen LogP contribution in [0.15, 0.2) is 40.9 Å². The molecule has 1 heterocycles. The summed E-state index contributed by atoms with van der Waals surface area (Å²) in [5.41, 5.74) is 1.67. The minimum absolute atomic E-state index is 0.0978. The molecule has 1 aromatic carbocycles. The van der Waals surface area contributed by atoms with Gasteiger partial charge in [0.15, 0.2) is 0 Å². The molecule has 0 fully saturated rings. The van der Waals surface area contributed by atoms with Crippen molar-refractivity contribution in [2.24, 2.45) is 0 Å². The van der Waals surface area contributed by atoms with E-state index in [0.29, 0.717) is 18.5 Å². The first-order valence-electron chi connectivity index (χ1n) is 6.60. The summed E-state index contributed by atoms with van der Waals surface area (Å²) in [6.07, 6.45) is 1.29. The first-order chi connectivity index (χ1) is 9.70. The summed E-state index contributed by atoms with van der Waals surface area (Å²) in [6.45, 7) is 1.86. The lowest BCUT2D eigenvalue weighted by Crippen LogP contribution is -2.28. The molecule has 2 aromatic rings. The van der Waals surface area contributed by atoms with E-state index in [2.05, 4.69) is 10.5 Å². The monoisotopic (exact) mass is 274 g/mol. The highest BCUT2D eigenvalue weighted by Gasteiger charge is 2.18. The van der Waals surface area contributed by atoms with Crippen LogP contribution in [-0.4, -0.2) is 22.8 Å². The van der Waals surface area contributed by atoms with Crippen LogP contribution in [-0.2, 0) is 0 Å². The highest BCUT2D eigenvalue weighted by molar-refractivity contribution is 5.91. The Bertz CT molecular complexity index is 551. The number of aliphatic hydroxyl groups excluding tert-OH is 1. The lowest BCUT2D eigenvalue weighted by Gasteiger charge is -2.18. The molecule has 0 aliphatic heterocycles. The molecule has 0 saturated heterocycles. The van der Waals surface area contributed by atoms with Gasteiger partial charge in [-0.15, -0.1) is 0 Å². The lowest BCUT2D eigenvalue weighted by atomic mass is 10.0. The van der Waals surface area contributed by atoms with Crippen molar-refractivity contribution in [1.82, 2.24) is 10.5 Å². The molecule has 0 bridgehead atoms. The van der Waals surface area contributed by atoms with Crippen LogP contribution in [0.3, 0.4) is 0 Å². The largest absolute Gasteiger partial charge is 0.396 e. The molecule has 0 spiro atoms. The molecule has 0 radical (unpaired) electrons. The van der Waals surface area contributed by atoms with Crippen molar-refractivity contribution >= 4 is 5.91 Å². The van der Waals surface area contributed by atoms with Crippen molar-refractivity contribution in [3.05, 3.63) is 53.4 Å². The van der Waals surface area contributed by atoms with E-state index in [1.54, 1.807) is 13.0 Å². The van der Waals surface area contributed by atoms with Crippen molar-refractivity contribution in [2.45, 2.75) is 25.8 Å². The number of carbonyl (C=O) groups is 1. The molecule has 1 unspecified atom stereocenters. The summed E-state index contributed by atoms with van der Waals surface area (Å²) in [5.74, 6) is -0.0928. The molecule has 0 saturated carbocycles. The standard InChI is InChI=1S/C15H18N2O3/c1-11-10-14(20-17-11)15(19)16-13(8-5-9-18)12-6-3-2-4-7-12/h2-4,6-7,10,13,18H,5,8-9H2,1H3,(H,16,19). The minimum Gasteiger partial charge on any atom is -0.396 e. The van der Waals surface area contributed by atoms with Gasteiger partial charge in [-0.1, -0.05) is 35.5 Å². The summed E-state index contributed by atoms with van der Waals surface area (Å²) in [6, 6.07) is 11.1. The smallest absolute Gasteiger partial charge is 0.290 e. The molecule has 106 valence electrons. The van der Waals surface area contributed by atoms with Crippen LogP contribution in [0.2, 0.25) is 0 Å². The van der Waals surface area contributed by atoms with Gasteiger partial charge >= 0.3 is 0 Å². The van der Waals surface area contributed by atoms with Gasteiger partial charge in [-0.3, -0.25) is 4.79 Å². The topological polar surface area (TPSA) is 75.4 Å². The Morgan fingerprint density at radius 1 is 1.40 bits per heavy atom. The maximum Gasteiger partial charge on any atom is 0.290 e. The second-order valence-corrected chi connectivity index (χ2v) is 4.64. The fraction of sp³-hybridized carbons (Fsp3) is 0.333. The average Bonchev–Trinajstić information content (AvgIpc) is 2.91. The highest BCUT2D eigenvalue weighted by atomic mass is 16.5. The number of rotatable bonds is 6. The predicted octanol–water partition coefficient (Wildman–Crippen LogP) is 2.23. The van der Waals surface area contributed by atoms with Crippen molar-refractivity contribution in [3.63, 3.8) is 0 Å². The summed E-state index contributed by atoms with van der Waals surface area (Å²) in [5, 5.41) is 15.6. The molecule has 1 atom stereocenters. The number of nitrogens with one attached hydrogen (secondary N) is 1. The van der Waals surface area contributed by atoms with Gasteiger partial charge in [0.05, 0.1) is 11.7 Å². The maximum atomic E-state index is 12.1. The number of aromatic nitrogens is 1. The number of aliphatic hydroxyl groups is 1. The Balaban J connectivity index is 2.09. The third-order valence-electron chi connectivity index (χ3n) is 3.01. The lowest BCUT2D eigenvalue weighted by molar-refractivity contribution is 0.0895. The van der Waals surface area contributed by atoms with Crippen LogP contribution in [0.5, 0.6) is 0 Å². The average molecular weight is 274 g/mol. The van der Waals surface area contributed by atoms with Crippen molar-refractivity contribution in [3.8, 4) is 0 Å². The molecule has 5 heteroatoms. The summed E-state index contributed by atoms with van der Waals surface area (Å²) >= 11 is 0. The number of hydrogen-bond acceptors (Lipinski definition) is 4. The van der Waals surface area contributed by atoms with Gasteiger partial charge in [-0.05, 0) is 25.3 Å². The zero-order chi connectivity index (χ0) is 14.4. The van der Waals surface area contributed by atoms with Gasteiger partial charge in [-0.25, -0.2) is 0 Å². The number of nitrogens with zero attached hydrogens (tertiary/aromatic N) is 1. The third-order valence-corrected chi connectivity index (χ3v) is 3.01. The van der Waals surface area contributed by atoms with E-state index in [9.17, 15) is 4.79 Å². The van der Waals surface area contributed by atoms with Crippen LogP contribution < -0.4 is 5.32 Å². The molecular weight excluding hydrogens is 256 g/mol. The first-order valence-corrected chi connectivity index (χ1v) is 6.60. The van der Waals surface area contributed by atoms with Gasteiger partial charge in [-0.2, -0.15) is 0 Å². The SMILES string of the molecule is Cc1cc(C(=O)NC(CCCO)c2ccccc2)on1. The molecule has 2 N–H and O–H groups in total. The van der Waals surface area contributed by atoms with Crippen LogP contribution in [0.4, 0.5) is 0 Å². The normalized spacial score (nSPS) is 12.1. The fourth-order valence-electron chi connectivity index (χ4n) is 2.00. The number of benzene rings is 1. The highest BCUT2D eigenvalue weighted by Crippen LogP contribution is 2.19. The van der Waals surface area contributed by atoms with E-state index >= 15 is 0 Å². The number of hydrogen-bond donors (Lipinski definition) is 2. The third kappa shape index (κ3) is 3.68. The number of carbonyl (C=O) groups excluding carboxylic acids is 1. The molecule has 20 heavy (non-hydrogen) atoms. The van der Waals surface area contributed by atoms with Gasteiger partial charge in [0.25, 0.3) is 5.91 Å². The zero-order valence-electron chi connectivity index (χ0n) is 11.4. The van der Waals surface area contributed by atoms with E-state index in [1.165, 1.54) is 0 Å². The Morgan fingerprint density at radius 2 is 2.15 bits per heavy atom. The predicted molar refractivity (Wildman–Crippen MR) is 74.2 cm³/mol. The fourth-order valence-corrected chi connectivity index (χ4v) is 2.00. The summed E-state index contributed by atoms with van der Waals surface area (Å²) in [4.78, 5) is 12.1. The molecule has 2 rings (SSSR count). The van der Waals surface area contributed by atoms with Crippen LogP contribution in [0, 0.1) is 6.92 Å². The summed E-state index contributed by atoms with van der Waals surface area (Å²) in [7, 11) is 0. The zero-order valence-corrected chi connectivity index (χ0v) is 11.4. The van der Waals surface area contributed by atoms with Crippen molar-refractivity contribution < 1.29 is 14.4 Å². The van der Waals surface area contributed by atoms with E-state index in [-0.39, 0.29) is 24.3 Å². The Kier molecular flexibility index (Phi) is 4.90. The molecule has 1 aromatic heterocycles. The summed E-state index contributed by atoms with van der Waals surface area (Å²) < 4.78 is 4.96. The second-order valence-electron chi connectivity index (χ2n) is 4.64. The van der Waals surface area contributed by atoms with E-state index in [4.69, 9.17) is 9.63 Å². The molecule has 1 amide bonds. The minimum atomic E-state index is -0.294. The first kappa shape index (κ1) is 14.3. The van der Waals surface area contributed by atoms with Crippen molar-refractivity contribution in [1.29, 1.82) is 0 Å². The molecular formula is C15H18N2O3. The van der Waals surface area contributed by atoms with Crippen LogP contribution in [0.1, 0.15) is 40.7 Å². The van der Waals surface area contributed by atoms with Crippen molar-refractivity contribution in [2.75, 3.05) is 6.61 Å². The van der Waals surface area contributed by atoms with Crippen LogP contribution >= 0.6 is 0 Å². The van der Waals surface area contributed by atoms with Gasteiger partial charge < -0.3 is 14.9 Å². The Morgan fingerprint density at radius 3 is 2.75 bits per heavy atom. The molecule has 5 nitrogen and oxygen atoms in total. The van der Waals surface area contributed by atoms with E-state index in [0.717, 1.165) is 5.56 Å². The quantitative estimate of drug-likeness (QED) is 0.847. The molecule has 0 aliphatic rings. The number of aryl methyl sites for hydroxylation is 1. The van der Waals surface area contributed by atoms with Gasteiger partial charge in [0.1, 0.15) is 0 Å². The van der Waals surface area contributed by atoms with Gasteiger partial charge in [0, 0.05) is 12.7 Å². The number of amides is 1. The Labute approximate surface area is 117 Å². The van der Waals surface area contributed by atoms with E-state index < -0.39 is 0 Å². The second kappa shape index (κ2) is 6.86. The maximum absolute atomic E-state index is 12.1. The Hall–Kier alpha value is -2.14. The van der Waals surface area contributed by atoms with Gasteiger partial charge in [0.2, 0.25) is 5.76 Å².